The van der Waals surface area contributed by atoms with E-state index in [1.54, 1.807) is 35.1 Å². The predicted molar refractivity (Wildman–Crippen MR) is 206 cm³/mol. The van der Waals surface area contributed by atoms with Gasteiger partial charge in [0.25, 0.3) is 11.8 Å². The Morgan fingerprint density at radius 3 is 1.31 bits per heavy atom. The van der Waals surface area contributed by atoms with Crippen LogP contribution in [0.5, 0.6) is 0 Å². The average molecular weight is 781 g/mol. The predicted octanol–water partition coefficient (Wildman–Crippen LogP) is 3.76. The summed E-state index contributed by atoms with van der Waals surface area (Å²) in [5.41, 5.74) is 0.207. The number of thiazole rings is 2. The molecule has 5 heterocycles. The van der Waals surface area contributed by atoms with E-state index in [0.29, 0.717) is 22.9 Å². The van der Waals surface area contributed by atoms with E-state index in [-0.39, 0.29) is 48.1 Å². The molecule has 4 bridgehead atoms. The van der Waals surface area contributed by atoms with Crippen molar-refractivity contribution >= 4 is 58.1 Å². The Balaban J connectivity index is 1.54. The molecule has 2 aromatic rings. The first-order valence-corrected chi connectivity index (χ1v) is 20.5. The molecule has 3 aliphatic heterocycles. The Morgan fingerprint density at radius 1 is 0.611 bits per heavy atom. The first kappa shape index (κ1) is 40.7. The van der Waals surface area contributed by atoms with Crippen molar-refractivity contribution in [2.24, 2.45) is 23.7 Å². The standard InChI is InChI=1S/C38H52N8O6S2/c1-9-21(7)29-37(51)45-15-11-13-25(45)33(49)41-28(20(5)6)36-40-24(18-54-36)32(48)44-30(22(8)10-2)38(52)46-16-12-14-26(46)34(50)42-27(19(3)4)35-39-23(17-53-35)31(47)43-29/h11-14,17-22,25-30H,9-10,15-16H2,1-8H3,(H,41,49)(H,42,50)(H,43,47)(H,44,48)/t21-,22-,25-,26-,27+,28+,29-,30-/m0/s1. The van der Waals surface area contributed by atoms with Gasteiger partial charge in [-0.05, 0) is 23.7 Å². The quantitative estimate of drug-likeness (QED) is 0.320. The monoisotopic (exact) mass is 780 g/mol. The molecule has 0 aromatic carbocycles. The van der Waals surface area contributed by atoms with Crippen molar-refractivity contribution in [1.29, 1.82) is 0 Å². The summed E-state index contributed by atoms with van der Waals surface area (Å²) >= 11 is 2.43. The molecule has 0 spiro atoms. The fourth-order valence-electron chi connectivity index (χ4n) is 6.68. The highest BCUT2D eigenvalue weighted by molar-refractivity contribution is 7.10. The van der Waals surface area contributed by atoms with Crippen LogP contribution in [0.3, 0.4) is 0 Å². The second-order valence-corrected chi connectivity index (χ2v) is 16.8. The van der Waals surface area contributed by atoms with E-state index < -0.39 is 71.7 Å². The Hall–Kier alpha value is -4.44. The molecule has 0 radical (unpaired) electrons. The number of rotatable bonds is 6. The van der Waals surface area contributed by atoms with Crippen molar-refractivity contribution in [2.45, 2.75) is 104 Å². The lowest BCUT2D eigenvalue weighted by Crippen LogP contribution is -2.56. The Morgan fingerprint density at radius 2 is 0.981 bits per heavy atom. The third-order valence-electron chi connectivity index (χ3n) is 10.5. The van der Waals surface area contributed by atoms with Gasteiger partial charge in [-0.3, -0.25) is 28.8 Å². The maximum absolute atomic E-state index is 14.2. The molecule has 3 aliphatic rings. The summed E-state index contributed by atoms with van der Waals surface area (Å²) in [5, 5.41) is 16.1. The smallest absolute Gasteiger partial charge is 0.271 e. The highest BCUT2D eigenvalue weighted by atomic mass is 32.1. The molecule has 0 saturated heterocycles. The van der Waals surface area contributed by atoms with Gasteiger partial charge in [0.2, 0.25) is 23.6 Å². The summed E-state index contributed by atoms with van der Waals surface area (Å²) < 4.78 is 0. The van der Waals surface area contributed by atoms with Crippen molar-refractivity contribution in [1.82, 2.24) is 41.0 Å². The van der Waals surface area contributed by atoms with Crippen molar-refractivity contribution < 1.29 is 28.8 Å². The van der Waals surface area contributed by atoms with Gasteiger partial charge in [-0.1, -0.05) is 92.5 Å². The van der Waals surface area contributed by atoms with Gasteiger partial charge in [0.1, 0.15) is 45.6 Å². The van der Waals surface area contributed by atoms with Crippen LogP contribution in [0.15, 0.2) is 35.1 Å². The van der Waals surface area contributed by atoms with Gasteiger partial charge >= 0.3 is 0 Å². The summed E-state index contributed by atoms with van der Waals surface area (Å²) in [6.07, 6.45) is 8.02. The molecule has 54 heavy (non-hydrogen) atoms. The van der Waals surface area contributed by atoms with Gasteiger partial charge in [0, 0.05) is 23.8 Å². The molecule has 292 valence electrons. The zero-order valence-electron chi connectivity index (χ0n) is 32.1. The Bertz CT molecular complexity index is 1670. The molecule has 4 N–H and O–H groups in total. The minimum Gasteiger partial charge on any atom is -0.345 e. The fourth-order valence-corrected chi connectivity index (χ4v) is 8.72. The summed E-state index contributed by atoms with van der Waals surface area (Å²) in [6.45, 7) is 15.6. The molecule has 5 rings (SSSR count). The molecular weight excluding hydrogens is 729 g/mol. The highest BCUT2D eigenvalue weighted by Gasteiger charge is 2.41. The lowest BCUT2D eigenvalue weighted by Gasteiger charge is -2.32. The maximum Gasteiger partial charge on any atom is 0.271 e. The fraction of sp³-hybridized carbons (Fsp3) is 0.579. The van der Waals surface area contributed by atoms with Gasteiger partial charge in [0.15, 0.2) is 0 Å². The molecule has 0 fully saturated rings. The van der Waals surface area contributed by atoms with Crippen molar-refractivity contribution in [3.05, 3.63) is 56.5 Å². The van der Waals surface area contributed by atoms with Crippen LogP contribution < -0.4 is 21.3 Å². The van der Waals surface area contributed by atoms with Crippen LogP contribution in [0.1, 0.15) is 111 Å². The van der Waals surface area contributed by atoms with Crippen LogP contribution in [0.4, 0.5) is 0 Å². The first-order chi connectivity index (χ1) is 25.7. The third kappa shape index (κ3) is 8.59. The summed E-state index contributed by atoms with van der Waals surface area (Å²) in [4.78, 5) is 95.7. The number of carbonyl (C=O) groups is 6. The summed E-state index contributed by atoms with van der Waals surface area (Å²) in [7, 11) is 0. The van der Waals surface area contributed by atoms with E-state index >= 15 is 0 Å². The molecule has 0 aliphatic carbocycles. The largest absolute Gasteiger partial charge is 0.345 e. The molecule has 0 saturated carbocycles. The van der Waals surface area contributed by atoms with Crippen LogP contribution in [0, 0.1) is 23.7 Å². The molecule has 16 heteroatoms. The molecule has 2 aromatic heterocycles. The normalized spacial score (nSPS) is 26.9. The molecule has 8 atom stereocenters. The van der Waals surface area contributed by atoms with E-state index in [9.17, 15) is 28.8 Å². The summed E-state index contributed by atoms with van der Waals surface area (Å²) in [6, 6.07) is -4.90. The zero-order chi connectivity index (χ0) is 39.4. The molecule has 14 nitrogen and oxygen atoms in total. The number of aromatic nitrogens is 2. The Labute approximate surface area is 324 Å². The highest BCUT2D eigenvalue weighted by Crippen LogP contribution is 2.29. The number of hydrogen-bond acceptors (Lipinski definition) is 10. The maximum atomic E-state index is 14.2. The van der Waals surface area contributed by atoms with Crippen LogP contribution in [0.25, 0.3) is 0 Å². The average Bonchev–Trinajstić information content (AvgIpc) is 3.98. The van der Waals surface area contributed by atoms with Gasteiger partial charge in [0.05, 0.1) is 12.1 Å². The molecule has 6 amide bonds. The van der Waals surface area contributed by atoms with Gasteiger partial charge < -0.3 is 31.1 Å². The number of fused-ring (bicyclic) bond motifs is 6. The minimum absolute atomic E-state index is 0.103. The number of hydrogen-bond donors (Lipinski definition) is 4. The third-order valence-corrected chi connectivity index (χ3v) is 12.4. The topological polar surface area (TPSA) is 183 Å². The summed E-state index contributed by atoms with van der Waals surface area (Å²) in [5.74, 6) is -3.49. The van der Waals surface area contributed by atoms with E-state index in [2.05, 4.69) is 31.2 Å². The Kier molecular flexibility index (Phi) is 13.1. The van der Waals surface area contributed by atoms with Crippen LogP contribution in [-0.2, 0) is 19.2 Å². The van der Waals surface area contributed by atoms with Gasteiger partial charge in [-0.2, -0.15) is 0 Å². The lowest BCUT2D eigenvalue weighted by molar-refractivity contribution is -0.140. The van der Waals surface area contributed by atoms with Crippen LogP contribution >= 0.6 is 22.7 Å². The van der Waals surface area contributed by atoms with E-state index in [1.165, 1.54) is 32.5 Å². The van der Waals surface area contributed by atoms with Gasteiger partial charge in [-0.15, -0.1) is 22.7 Å². The second-order valence-electron chi connectivity index (χ2n) is 15.0. The molecule has 0 unspecified atom stereocenters. The SMILES string of the molecule is CC[C@H](C)[C@@H]1NC(=O)c2csc(n2)[C@@H](C(C)C)NC(=O)[C@@H]2C=CCN2C(=O)[C@H]([C@@H](C)CC)NC(=O)c2csc(n2)[C@@H](C(C)C)NC(=O)[C@@H]2C=CCN2C1=O. The van der Waals surface area contributed by atoms with Gasteiger partial charge in [-0.25, -0.2) is 9.97 Å². The first-order valence-electron chi connectivity index (χ1n) is 18.7. The molecular formula is C38H52N8O6S2. The van der Waals surface area contributed by atoms with Crippen molar-refractivity contribution in [3.63, 3.8) is 0 Å². The van der Waals surface area contributed by atoms with Crippen molar-refractivity contribution in [2.75, 3.05) is 13.1 Å². The van der Waals surface area contributed by atoms with Crippen LogP contribution in [0.2, 0.25) is 0 Å². The number of nitrogens with zero attached hydrogens (tertiary/aromatic N) is 4. The number of amides is 6. The van der Waals surface area contributed by atoms with E-state index in [0.717, 1.165) is 0 Å². The van der Waals surface area contributed by atoms with Crippen molar-refractivity contribution in [3.8, 4) is 0 Å². The van der Waals surface area contributed by atoms with E-state index in [4.69, 9.17) is 0 Å². The second kappa shape index (κ2) is 17.4. The number of carbonyl (C=O) groups excluding carboxylic acids is 6. The van der Waals surface area contributed by atoms with E-state index in [1.807, 2.05) is 55.4 Å². The number of nitrogens with one attached hydrogen (secondary N) is 4. The lowest BCUT2D eigenvalue weighted by atomic mass is 9.97. The minimum atomic E-state index is -0.938. The zero-order valence-corrected chi connectivity index (χ0v) is 33.8. The van der Waals surface area contributed by atoms with Crippen LogP contribution in [-0.4, -0.2) is 92.5 Å².